The smallest absolute Gasteiger partial charge is 0.249 e. The molecule has 2 aromatic rings. The van der Waals surface area contributed by atoms with Gasteiger partial charge in [0.25, 0.3) is 0 Å². The quantitative estimate of drug-likeness (QED) is 0.934. The van der Waals surface area contributed by atoms with Gasteiger partial charge in [-0.15, -0.1) is 0 Å². The van der Waals surface area contributed by atoms with E-state index >= 15 is 0 Å². The third-order valence-electron chi connectivity index (χ3n) is 2.94. The lowest BCUT2D eigenvalue weighted by molar-refractivity contribution is 0.0227. The molecule has 0 amide bonds. The number of nitrogen functional groups attached to an aromatic ring is 1. The maximum Gasteiger partial charge on any atom is 0.249 e. The summed E-state index contributed by atoms with van der Waals surface area (Å²) in [7, 11) is 0. The zero-order chi connectivity index (χ0) is 14.9. The first-order valence-corrected chi connectivity index (χ1v) is 6.44. The van der Waals surface area contributed by atoms with Crippen molar-refractivity contribution in [1.29, 1.82) is 0 Å². The fourth-order valence-corrected chi connectivity index (χ4v) is 1.92. The Kier molecular flexibility index (Phi) is 3.74. The van der Waals surface area contributed by atoms with Gasteiger partial charge in [0.05, 0.1) is 5.69 Å². The molecule has 0 fully saturated rings. The lowest BCUT2D eigenvalue weighted by atomic mass is 10.1. The third-order valence-corrected chi connectivity index (χ3v) is 2.94. The Labute approximate surface area is 116 Å². The fourth-order valence-electron chi connectivity index (χ4n) is 1.92. The van der Waals surface area contributed by atoms with E-state index in [-0.39, 0.29) is 11.9 Å². The highest BCUT2D eigenvalue weighted by Crippen LogP contribution is 2.26. The number of alkyl halides is 2. The minimum atomic E-state index is -2.81. The molecule has 2 rings (SSSR count). The summed E-state index contributed by atoms with van der Waals surface area (Å²) in [6.07, 6.45) is 2.98. The first kappa shape index (κ1) is 14.4. The Balaban J connectivity index is 2.35. The van der Waals surface area contributed by atoms with E-state index in [4.69, 9.17) is 5.73 Å². The molecule has 0 aromatic carbocycles. The lowest BCUT2D eigenvalue weighted by Crippen LogP contribution is -2.15. The Bertz CT molecular complexity index is 599. The van der Waals surface area contributed by atoms with Gasteiger partial charge in [-0.2, -0.15) is 5.10 Å². The minimum absolute atomic E-state index is 0.138. The van der Waals surface area contributed by atoms with Gasteiger partial charge in [0.1, 0.15) is 5.82 Å². The molecule has 0 saturated heterocycles. The summed E-state index contributed by atoms with van der Waals surface area (Å²) < 4.78 is 28.1. The van der Waals surface area contributed by atoms with Crippen LogP contribution in [0.25, 0.3) is 11.3 Å². The minimum Gasteiger partial charge on any atom is -0.383 e. The Morgan fingerprint density at radius 3 is 2.65 bits per heavy atom. The molecule has 0 aliphatic carbocycles. The molecule has 0 unspecified atom stereocenters. The lowest BCUT2D eigenvalue weighted by Gasteiger charge is -2.12. The summed E-state index contributed by atoms with van der Waals surface area (Å²) in [5.74, 6) is -2.68. The molecule has 0 aliphatic heterocycles. The summed E-state index contributed by atoms with van der Waals surface area (Å²) in [4.78, 5) is 3.99. The normalized spacial score (nSPS) is 12.1. The molecule has 20 heavy (non-hydrogen) atoms. The average molecular weight is 280 g/mol. The molecule has 4 nitrogen and oxygen atoms in total. The average Bonchev–Trinajstić information content (AvgIpc) is 2.79. The highest BCUT2D eigenvalue weighted by Gasteiger charge is 2.23. The van der Waals surface area contributed by atoms with Crippen molar-refractivity contribution in [2.75, 3.05) is 5.73 Å². The number of hydrogen-bond donors (Lipinski definition) is 1. The number of nitrogens with zero attached hydrogens (tertiary/aromatic N) is 3. The van der Waals surface area contributed by atoms with E-state index in [0.29, 0.717) is 16.8 Å². The molecule has 2 aromatic heterocycles. The summed E-state index contributed by atoms with van der Waals surface area (Å²) in [5, 5.41) is 4.40. The molecule has 2 N–H and O–H groups in total. The second-order valence-electron chi connectivity index (χ2n) is 5.29. The second-order valence-corrected chi connectivity index (χ2v) is 5.29. The van der Waals surface area contributed by atoms with Crippen LogP contribution in [0.5, 0.6) is 0 Å². The number of rotatable bonds is 4. The van der Waals surface area contributed by atoms with Gasteiger partial charge in [0.2, 0.25) is 5.92 Å². The summed E-state index contributed by atoms with van der Waals surface area (Å²) in [6, 6.07) is 3.71. The van der Waals surface area contributed by atoms with E-state index in [0.717, 1.165) is 6.92 Å². The SMILES string of the molecule is CC(C)n1ccc(-c2cnc(N)c(CC(C)(F)F)c2)n1. The predicted octanol–water partition coefficient (Wildman–Crippen LogP) is 3.31. The van der Waals surface area contributed by atoms with Gasteiger partial charge in [-0.25, -0.2) is 13.8 Å². The van der Waals surface area contributed by atoms with Crippen molar-refractivity contribution in [2.45, 2.75) is 39.2 Å². The first-order valence-electron chi connectivity index (χ1n) is 6.44. The van der Waals surface area contributed by atoms with Crippen LogP contribution in [-0.2, 0) is 6.42 Å². The second kappa shape index (κ2) is 5.19. The highest BCUT2D eigenvalue weighted by molar-refractivity contribution is 5.61. The molecule has 2 heterocycles. The van der Waals surface area contributed by atoms with Crippen molar-refractivity contribution in [1.82, 2.24) is 14.8 Å². The van der Waals surface area contributed by atoms with Crippen molar-refractivity contribution in [3.8, 4) is 11.3 Å². The topological polar surface area (TPSA) is 56.7 Å². The number of aromatic nitrogens is 3. The van der Waals surface area contributed by atoms with Crippen LogP contribution in [0.4, 0.5) is 14.6 Å². The van der Waals surface area contributed by atoms with Crippen molar-refractivity contribution in [3.63, 3.8) is 0 Å². The van der Waals surface area contributed by atoms with Gasteiger partial charge in [-0.1, -0.05) is 0 Å². The Morgan fingerprint density at radius 2 is 2.10 bits per heavy atom. The summed E-state index contributed by atoms with van der Waals surface area (Å²) >= 11 is 0. The van der Waals surface area contributed by atoms with Crippen LogP contribution < -0.4 is 5.73 Å². The van der Waals surface area contributed by atoms with Crippen LogP contribution in [-0.4, -0.2) is 20.7 Å². The molecule has 0 aliphatic rings. The molecule has 108 valence electrons. The molecule has 0 saturated carbocycles. The largest absolute Gasteiger partial charge is 0.383 e. The zero-order valence-electron chi connectivity index (χ0n) is 11.8. The number of hydrogen-bond acceptors (Lipinski definition) is 3. The third kappa shape index (κ3) is 3.31. The van der Waals surface area contributed by atoms with Crippen LogP contribution in [0.1, 0.15) is 32.4 Å². The summed E-state index contributed by atoms with van der Waals surface area (Å²) in [6.45, 7) is 4.90. The van der Waals surface area contributed by atoms with Gasteiger partial charge in [-0.05, 0) is 32.9 Å². The van der Waals surface area contributed by atoms with Gasteiger partial charge in [0.15, 0.2) is 0 Å². The van der Waals surface area contributed by atoms with Crippen LogP contribution in [0, 0.1) is 0 Å². The van der Waals surface area contributed by atoms with E-state index < -0.39 is 12.3 Å². The van der Waals surface area contributed by atoms with Crippen molar-refractivity contribution in [3.05, 3.63) is 30.1 Å². The molecule has 0 spiro atoms. The fraction of sp³-hybridized carbons (Fsp3) is 0.429. The molecule has 0 atom stereocenters. The van der Waals surface area contributed by atoms with E-state index in [1.54, 1.807) is 16.9 Å². The van der Waals surface area contributed by atoms with E-state index in [1.807, 2.05) is 26.1 Å². The molecule has 6 heteroatoms. The number of nitrogens with two attached hydrogens (primary N) is 1. The van der Waals surface area contributed by atoms with Crippen molar-refractivity contribution in [2.24, 2.45) is 0 Å². The van der Waals surface area contributed by atoms with E-state index in [9.17, 15) is 8.78 Å². The zero-order valence-corrected chi connectivity index (χ0v) is 11.8. The molecular weight excluding hydrogens is 262 g/mol. The first-order chi connectivity index (χ1) is 9.26. The maximum absolute atomic E-state index is 13.1. The maximum atomic E-state index is 13.1. The number of anilines is 1. The molecule has 0 bridgehead atoms. The highest BCUT2D eigenvalue weighted by atomic mass is 19.3. The molecule has 0 radical (unpaired) electrons. The van der Waals surface area contributed by atoms with Gasteiger partial charge >= 0.3 is 0 Å². The van der Waals surface area contributed by atoms with Crippen LogP contribution >= 0.6 is 0 Å². The van der Waals surface area contributed by atoms with E-state index in [2.05, 4.69) is 10.1 Å². The number of halogens is 2. The van der Waals surface area contributed by atoms with Crippen LogP contribution in [0.2, 0.25) is 0 Å². The monoisotopic (exact) mass is 280 g/mol. The van der Waals surface area contributed by atoms with Crippen LogP contribution in [0.3, 0.4) is 0 Å². The van der Waals surface area contributed by atoms with Gasteiger partial charge < -0.3 is 5.73 Å². The number of pyridine rings is 1. The van der Waals surface area contributed by atoms with Gasteiger partial charge in [0, 0.05) is 36.0 Å². The van der Waals surface area contributed by atoms with E-state index in [1.165, 1.54) is 0 Å². The Hall–Kier alpha value is -1.98. The van der Waals surface area contributed by atoms with Crippen molar-refractivity contribution < 1.29 is 8.78 Å². The van der Waals surface area contributed by atoms with Crippen LogP contribution in [0.15, 0.2) is 24.5 Å². The van der Waals surface area contributed by atoms with Crippen molar-refractivity contribution >= 4 is 5.82 Å². The summed E-state index contributed by atoms with van der Waals surface area (Å²) in [5.41, 5.74) is 7.39. The molecular formula is C14H18F2N4. The van der Waals surface area contributed by atoms with Gasteiger partial charge in [-0.3, -0.25) is 4.68 Å². The predicted molar refractivity (Wildman–Crippen MR) is 74.6 cm³/mol. The standard InChI is InChI=1S/C14H18F2N4/c1-9(2)20-5-4-12(19-20)11-6-10(7-14(3,15)16)13(17)18-8-11/h4-6,8-9H,7H2,1-3H3,(H2,17,18). The Morgan fingerprint density at radius 1 is 1.40 bits per heavy atom.